The Morgan fingerprint density at radius 3 is 2.52 bits per heavy atom. The van der Waals surface area contributed by atoms with E-state index < -0.39 is 31.2 Å². The van der Waals surface area contributed by atoms with Gasteiger partial charge in [-0.15, -0.1) is 0 Å². The van der Waals surface area contributed by atoms with E-state index in [1.165, 1.54) is 19.4 Å². The molecule has 1 aliphatic heterocycles. The minimum Gasteiger partial charge on any atom is -0.506 e. The largest absolute Gasteiger partial charge is 0.506 e. The van der Waals surface area contributed by atoms with Gasteiger partial charge in [-0.2, -0.15) is 0 Å². The van der Waals surface area contributed by atoms with E-state index in [9.17, 15) is 19.3 Å². The summed E-state index contributed by atoms with van der Waals surface area (Å²) >= 11 is 0. The molecule has 0 amide bonds. The molecule has 1 aliphatic rings. The molecule has 0 radical (unpaired) electrons. The van der Waals surface area contributed by atoms with Crippen LogP contribution in [0.25, 0.3) is 0 Å². The number of rotatable bonds is 10. The van der Waals surface area contributed by atoms with Crippen molar-refractivity contribution in [2.45, 2.75) is 39.0 Å². The quantitative estimate of drug-likeness (QED) is 0.566. The zero-order chi connectivity index (χ0) is 20.0. The molecule has 0 bridgehead atoms. The molecule has 0 spiro atoms. The average Bonchev–Trinajstić information content (AvgIpc) is 2.91. The van der Waals surface area contributed by atoms with Gasteiger partial charge in [0.1, 0.15) is 5.76 Å². The van der Waals surface area contributed by atoms with Gasteiger partial charge < -0.3 is 23.6 Å². The van der Waals surface area contributed by atoms with Gasteiger partial charge in [0, 0.05) is 25.8 Å². The fourth-order valence-corrected chi connectivity index (χ4v) is 4.46. The number of hydrogen-bond donors (Lipinski definition) is 2. The van der Waals surface area contributed by atoms with Crippen molar-refractivity contribution >= 4 is 7.60 Å². The Morgan fingerprint density at radius 1 is 1.30 bits per heavy atom. The number of H-pyrrole nitrogens is 1. The number of hydrogen-bond acceptors (Lipinski definition) is 8. The second-order valence-electron chi connectivity index (χ2n) is 5.76. The first-order chi connectivity index (χ1) is 12.8. The zero-order valence-corrected chi connectivity index (χ0v) is 16.4. The van der Waals surface area contributed by atoms with Gasteiger partial charge in [-0.05, 0) is 20.3 Å². The Labute approximate surface area is 156 Å². The van der Waals surface area contributed by atoms with Crippen LogP contribution in [0.15, 0.2) is 33.4 Å². The summed E-state index contributed by atoms with van der Waals surface area (Å²) in [5.74, 6) is 0.0766. The van der Waals surface area contributed by atoms with Gasteiger partial charge in [0.2, 0.25) is 6.23 Å². The van der Waals surface area contributed by atoms with Gasteiger partial charge in [0.25, 0.3) is 5.56 Å². The molecule has 0 fully saturated rings. The zero-order valence-electron chi connectivity index (χ0n) is 15.5. The standard InChI is InChI=1S/C16H25N2O8P/c1-4-24-27(22,25-5-2)10-6-7-11-13(20)14(23-3)15(26-11)18-9-8-12(19)17-16(18)21/h8-9,14-15,20H,4-7,10H2,1-3H3,(H,17,19,21)/t14?,15-/m1/s1. The molecule has 152 valence electrons. The van der Waals surface area contributed by atoms with Crippen LogP contribution in [0.5, 0.6) is 0 Å². The first kappa shape index (κ1) is 21.4. The lowest BCUT2D eigenvalue weighted by molar-refractivity contribution is -0.0346. The highest BCUT2D eigenvalue weighted by Crippen LogP contribution is 2.49. The van der Waals surface area contributed by atoms with Crippen LogP contribution in [0.3, 0.4) is 0 Å². The molecular weight excluding hydrogens is 379 g/mol. The predicted molar refractivity (Wildman–Crippen MR) is 96.9 cm³/mol. The van der Waals surface area contributed by atoms with Crippen molar-refractivity contribution in [1.82, 2.24) is 9.55 Å². The van der Waals surface area contributed by atoms with E-state index in [0.717, 1.165) is 4.57 Å². The second kappa shape index (κ2) is 9.36. The molecule has 0 aliphatic carbocycles. The molecule has 2 atom stereocenters. The van der Waals surface area contributed by atoms with E-state index in [1.807, 2.05) is 0 Å². The van der Waals surface area contributed by atoms with E-state index in [2.05, 4.69) is 4.98 Å². The molecular formula is C16H25N2O8P. The molecule has 1 aromatic heterocycles. The smallest absolute Gasteiger partial charge is 0.331 e. The number of nitrogens with zero attached hydrogens (tertiary/aromatic N) is 1. The van der Waals surface area contributed by atoms with Gasteiger partial charge in [-0.25, -0.2) is 4.79 Å². The van der Waals surface area contributed by atoms with Gasteiger partial charge in [0.05, 0.1) is 19.4 Å². The van der Waals surface area contributed by atoms with Crippen LogP contribution in [0.2, 0.25) is 0 Å². The molecule has 2 heterocycles. The van der Waals surface area contributed by atoms with Gasteiger partial charge in [0.15, 0.2) is 11.9 Å². The summed E-state index contributed by atoms with van der Waals surface area (Å²) in [7, 11) is -1.82. The number of methoxy groups -OCH3 is 1. The van der Waals surface area contributed by atoms with Crippen molar-refractivity contribution in [3.05, 3.63) is 44.6 Å². The summed E-state index contributed by atoms with van der Waals surface area (Å²) in [6.45, 7) is 4.00. The number of nitrogens with one attached hydrogen (secondary N) is 1. The molecule has 2 rings (SSSR count). The Hall–Kier alpha value is -1.87. The molecule has 10 nitrogen and oxygen atoms in total. The summed E-state index contributed by atoms with van der Waals surface area (Å²) in [4.78, 5) is 25.3. The summed E-state index contributed by atoms with van der Waals surface area (Å²) in [6, 6.07) is 1.17. The fraction of sp³-hybridized carbons (Fsp3) is 0.625. The third-order valence-electron chi connectivity index (χ3n) is 3.94. The number of ether oxygens (including phenoxy) is 2. The molecule has 0 saturated heterocycles. The van der Waals surface area contributed by atoms with Crippen molar-refractivity contribution in [1.29, 1.82) is 0 Å². The molecule has 1 unspecified atom stereocenters. The number of allylic oxidation sites excluding steroid dienone is 1. The van der Waals surface area contributed by atoms with Crippen molar-refractivity contribution in [2.75, 3.05) is 26.5 Å². The minimum absolute atomic E-state index is 0.150. The van der Waals surface area contributed by atoms with E-state index >= 15 is 0 Å². The van der Waals surface area contributed by atoms with Gasteiger partial charge in [-0.1, -0.05) is 0 Å². The monoisotopic (exact) mass is 404 g/mol. The maximum absolute atomic E-state index is 12.5. The third kappa shape index (κ3) is 5.10. The fourth-order valence-electron chi connectivity index (χ4n) is 2.80. The van der Waals surface area contributed by atoms with E-state index in [1.54, 1.807) is 13.8 Å². The molecule has 0 saturated carbocycles. The maximum atomic E-state index is 12.5. The van der Waals surface area contributed by atoms with E-state index in [0.29, 0.717) is 6.42 Å². The Balaban J connectivity index is 2.09. The number of aliphatic hydroxyl groups excluding tert-OH is 1. The topological polar surface area (TPSA) is 129 Å². The normalized spacial score (nSPS) is 20.1. The molecule has 1 aromatic rings. The summed E-state index contributed by atoms with van der Waals surface area (Å²) < 4.78 is 35.0. The molecule has 11 heteroatoms. The summed E-state index contributed by atoms with van der Waals surface area (Å²) in [6.07, 6.45) is 0.196. The van der Waals surface area contributed by atoms with Crippen LogP contribution in [-0.4, -0.2) is 47.2 Å². The van der Waals surface area contributed by atoms with Crippen LogP contribution >= 0.6 is 7.60 Å². The van der Waals surface area contributed by atoms with Crippen molar-refractivity contribution in [3.63, 3.8) is 0 Å². The summed E-state index contributed by atoms with van der Waals surface area (Å²) in [5, 5.41) is 10.4. The first-order valence-corrected chi connectivity index (χ1v) is 10.4. The van der Waals surface area contributed by atoms with E-state index in [-0.39, 0.29) is 37.3 Å². The van der Waals surface area contributed by atoms with Crippen LogP contribution < -0.4 is 11.2 Å². The highest BCUT2D eigenvalue weighted by Gasteiger charge is 2.39. The van der Waals surface area contributed by atoms with Gasteiger partial charge >= 0.3 is 13.3 Å². The average molecular weight is 404 g/mol. The predicted octanol–water partition coefficient (Wildman–Crippen LogP) is 1.90. The Morgan fingerprint density at radius 2 is 1.96 bits per heavy atom. The van der Waals surface area contributed by atoms with Crippen LogP contribution in [0, 0.1) is 0 Å². The van der Waals surface area contributed by atoms with Crippen molar-refractivity contribution in [2.24, 2.45) is 0 Å². The number of aromatic amines is 1. The van der Waals surface area contributed by atoms with Crippen molar-refractivity contribution < 1.29 is 28.2 Å². The summed E-state index contributed by atoms with van der Waals surface area (Å²) in [5.41, 5.74) is -1.22. The second-order valence-corrected chi connectivity index (χ2v) is 7.95. The Kier molecular flexibility index (Phi) is 7.43. The highest BCUT2D eigenvalue weighted by atomic mass is 31.2. The van der Waals surface area contributed by atoms with Gasteiger partial charge in [-0.3, -0.25) is 18.9 Å². The lowest BCUT2D eigenvalue weighted by Crippen LogP contribution is -2.36. The first-order valence-electron chi connectivity index (χ1n) is 8.66. The highest BCUT2D eigenvalue weighted by molar-refractivity contribution is 7.53. The number of aliphatic hydroxyl groups is 1. The van der Waals surface area contributed by atoms with Crippen LogP contribution in [0.1, 0.15) is 32.9 Å². The maximum Gasteiger partial charge on any atom is 0.331 e. The minimum atomic E-state index is -3.19. The lowest BCUT2D eigenvalue weighted by atomic mass is 10.2. The van der Waals surface area contributed by atoms with E-state index in [4.69, 9.17) is 18.5 Å². The molecule has 27 heavy (non-hydrogen) atoms. The number of aromatic nitrogens is 2. The van der Waals surface area contributed by atoms with Crippen molar-refractivity contribution in [3.8, 4) is 0 Å². The molecule has 2 N–H and O–H groups in total. The SMILES string of the molecule is CCOP(=O)(CCCC1=C(O)C(OC)[C@H](n2ccc(=O)[nH]c2=O)O1)OCC. The Bertz CT molecular complexity index is 820. The van der Waals surface area contributed by atoms with Crippen LogP contribution in [0.4, 0.5) is 0 Å². The van der Waals surface area contributed by atoms with Crippen LogP contribution in [-0.2, 0) is 23.1 Å². The third-order valence-corrected chi connectivity index (χ3v) is 6.11. The molecule has 0 aromatic carbocycles. The lowest BCUT2D eigenvalue weighted by Gasteiger charge is -2.20.